The highest BCUT2D eigenvalue weighted by Gasteiger charge is 2.19. The lowest BCUT2D eigenvalue weighted by molar-refractivity contribution is 0.299. The standard InChI is InChI=1S/C11H23N/c1-5-6-7-8-9-10(12)11(2,3)4/h5,10H,1,6-9,12H2,2-4H3. The van der Waals surface area contributed by atoms with Crippen molar-refractivity contribution in [3.8, 4) is 0 Å². The topological polar surface area (TPSA) is 26.0 Å². The van der Waals surface area contributed by atoms with Crippen molar-refractivity contribution in [1.29, 1.82) is 0 Å². The maximum Gasteiger partial charge on any atom is 0.00876 e. The van der Waals surface area contributed by atoms with Crippen LogP contribution in [0.5, 0.6) is 0 Å². The smallest absolute Gasteiger partial charge is 0.00876 e. The van der Waals surface area contributed by atoms with E-state index in [4.69, 9.17) is 5.73 Å². The van der Waals surface area contributed by atoms with Crippen molar-refractivity contribution in [1.82, 2.24) is 0 Å². The van der Waals surface area contributed by atoms with Crippen LogP contribution in [0.15, 0.2) is 12.7 Å². The predicted octanol–water partition coefficient (Wildman–Crippen LogP) is 3.11. The third-order valence-corrected chi connectivity index (χ3v) is 2.29. The second-order valence-corrected chi connectivity index (χ2v) is 4.55. The average Bonchev–Trinajstić information content (AvgIpc) is 1.96. The van der Waals surface area contributed by atoms with Crippen LogP contribution in [0.25, 0.3) is 0 Å². The molecule has 0 aromatic carbocycles. The molecule has 0 aliphatic rings. The van der Waals surface area contributed by atoms with Crippen molar-refractivity contribution in [2.75, 3.05) is 0 Å². The summed E-state index contributed by atoms with van der Waals surface area (Å²) in [5, 5.41) is 0. The molecule has 2 N–H and O–H groups in total. The van der Waals surface area contributed by atoms with Gasteiger partial charge < -0.3 is 5.73 Å². The molecule has 0 aromatic heterocycles. The van der Waals surface area contributed by atoms with Crippen LogP contribution in [0.2, 0.25) is 0 Å². The highest BCUT2D eigenvalue weighted by atomic mass is 14.7. The van der Waals surface area contributed by atoms with Gasteiger partial charge in [0.2, 0.25) is 0 Å². The SMILES string of the molecule is C=CCCCCC(N)C(C)(C)C. The van der Waals surface area contributed by atoms with Gasteiger partial charge in [-0.05, 0) is 24.7 Å². The molecule has 0 fully saturated rings. The Bertz CT molecular complexity index is 121. The fourth-order valence-electron chi connectivity index (χ4n) is 1.09. The Balaban J connectivity index is 3.44. The molecule has 1 unspecified atom stereocenters. The lowest BCUT2D eigenvalue weighted by atomic mass is 9.84. The first-order valence-electron chi connectivity index (χ1n) is 4.85. The molecule has 0 saturated carbocycles. The summed E-state index contributed by atoms with van der Waals surface area (Å²) in [5.74, 6) is 0. The maximum atomic E-state index is 6.01. The van der Waals surface area contributed by atoms with Gasteiger partial charge in [-0.25, -0.2) is 0 Å². The fraction of sp³-hybridized carbons (Fsp3) is 0.818. The molecule has 72 valence electrons. The van der Waals surface area contributed by atoms with Crippen molar-refractivity contribution in [2.24, 2.45) is 11.1 Å². The normalized spacial score (nSPS) is 14.3. The monoisotopic (exact) mass is 169 g/mol. The zero-order valence-electron chi connectivity index (χ0n) is 8.77. The molecule has 0 radical (unpaired) electrons. The largest absolute Gasteiger partial charge is 0.327 e. The van der Waals surface area contributed by atoms with Crippen LogP contribution in [0.4, 0.5) is 0 Å². The van der Waals surface area contributed by atoms with E-state index in [2.05, 4.69) is 27.4 Å². The zero-order valence-corrected chi connectivity index (χ0v) is 8.77. The van der Waals surface area contributed by atoms with Gasteiger partial charge in [-0.15, -0.1) is 6.58 Å². The van der Waals surface area contributed by atoms with Gasteiger partial charge in [-0.3, -0.25) is 0 Å². The van der Waals surface area contributed by atoms with E-state index in [0.717, 1.165) is 12.8 Å². The van der Waals surface area contributed by atoms with Crippen LogP contribution in [-0.4, -0.2) is 6.04 Å². The number of hydrogen-bond acceptors (Lipinski definition) is 1. The minimum Gasteiger partial charge on any atom is -0.327 e. The Labute approximate surface area is 77.0 Å². The Kier molecular flexibility index (Phi) is 5.23. The summed E-state index contributed by atoms with van der Waals surface area (Å²) >= 11 is 0. The molecular weight excluding hydrogens is 146 g/mol. The number of allylic oxidation sites excluding steroid dienone is 1. The average molecular weight is 169 g/mol. The zero-order chi connectivity index (χ0) is 9.61. The number of unbranched alkanes of at least 4 members (excludes halogenated alkanes) is 2. The van der Waals surface area contributed by atoms with E-state index in [0.29, 0.717) is 6.04 Å². The van der Waals surface area contributed by atoms with Gasteiger partial charge in [0.05, 0.1) is 0 Å². The first-order chi connectivity index (χ1) is 5.48. The Morgan fingerprint density at radius 2 is 1.92 bits per heavy atom. The van der Waals surface area contributed by atoms with Crippen LogP contribution < -0.4 is 5.73 Å². The maximum absolute atomic E-state index is 6.01. The molecule has 12 heavy (non-hydrogen) atoms. The van der Waals surface area contributed by atoms with E-state index < -0.39 is 0 Å². The Morgan fingerprint density at radius 3 is 2.33 bits per heavy atom. The second-order valence-electron chi connectivity index (χ2n) is 4.55. The van der Waals surface area contributed by atoms with Gasteiger partial charge in [-0.2, -0.15) is 0 Å². The summed E-state index contributed by atoms with van der Waals surface area (Å²) in [6.07, 6.45) is 6.69. The van der Waals surface area contributed by atoms with Gasteiger partial charge in [-0.1, -0.05) is 33.3 Å². The number of rotatable bonds is 5. The van der Waals surface area contributed by atoms with E-state index >= 15 is 0 Å². The van der Waals surface area contributed by atoms with Crippen molar-refractivity contribution in [3.63, 3.8) is 0 Å². The van der Waals surface area contributed by atoms with Crippen LogP contribution >= 0.6 is 0 Å². The van der Waals surface area contributed by atoms with E-state index in [1.165, 1.54) is 12.8 Å². The molecular formula is C11H23N. The van der Waals surface area contributed by atoms with Crippen molar-refractivity contribution in [2.45, 2.75) is 52.5 Å². The first kappa shape index (κ1) is 11.7. The molecule has 1 atom stereocenters. The van der Waals surface area contributed by atoms with Crippen molar-refractivity contribution in [3.05, 3.63) is 12.7 Å². The highest BCUT2D eigenvalue weighted by molar-refractivity contribution is 4.77. The highest BCUT2D eigenvalue weighted by Crippen LogP contribution is 2.21. The molecule has 0 rings (SSSR count). The van der Waals surface area contributed by atoms with Gasteiger partial charge in [0, 0.05) is 6.04 Å². The van der Waals surface area contributed by atoms with Crippen molar-refractivity contribution < 1.29 is 0 Å². The summed E-state index contributed by atoms with van der Waals surface area (Å²) in [7, 11) is 0. The summed E-state index contributed by atoms with van der Waals surface area (Å²) < 4.78 is 0. The molecule has 0 heterocycles. The van der Waals surface area contributed by atoms with Crippen LogP contribution in [0.3, 0.4) is 0 Å². The second kappa shape index (κ2) is 5.36. The lowest BCUT2D eigenvalue weighted by Crippen LogP contribution is -2.34. The van der Waals surface area contributed by atoms with Crippen LogP contribution in [0.1, 0.15) is 46.5 Å². The first-order valence-corrected chi connectivity index (χ1v) is 4.85. The predicted molar refractivity (Wildman–Crippen MR) is 56.1 cm³/mol. The van der Waals surface area contributed by atoms with Crippen molar-refractivity contribution >= 4 is 0 Å². The molecule has 0 aromatic rings. The fourth-order valence-corrected chi connectivity index (χ4v) is 1.09. The Morgan fingerprint density at radius 1 is 1.33 bits per heavy atom. The van der Waals surface area contributed by atoms with Crippen LogP contribution in [-0.2, 0) is 0 Å². The quantitative estimate of drug-likeness (QED) is 0.496. The molecule has 0 amide bonds. The molecule has 0 aliphatic carbocycles. The minimum atomic E-state index is 0.258. The lowest BCUT2D eigenvalue weighted by Gasteiger charge is -2.26. The third kappa shape index (κ3) is 5.36. The van der Waals surface area contributed by atoms with Crippen LogP contribution in [0, 0.1) is 5.41 Å². The Hall–Kier alpha value is -0.300. The molecule has 0 aliphatic heterocycles. The molecule has 1 heteroatoms. The van der Waals surface area contributed by atoms with E-state index in [9.17, 15) is 0 Å². The summed E-state index contributed by atoms with van der Waals surface area (Å²) in [6, 6.07) is 0.335. The number of hydrogen-bond donors (Lipinski definition) is 1. The molecule has 0 spiro atoms. The van der Waals surface area contributed by atoms with Gasteiger partial charge in [0.1, 0.15) is 0 Å². The van der Waals surface area contributed by atoms with Gasteiger partial charge >= 0.3 is 0 Å². The summed E-state index contributed by atoms with van der Waals surface area (Å²) in [5.41, 5.74) is 6.27. The van der Waals surface area contributed by atoms with E-state index in [-0.39, 0.29) is 5.41 Å². The van der Waals surface area contributed by atoms with Gasteiger partial charge in [0.25, 0.3) is 0 Å². The van der Waals surface area contributed by atoms with E-state index in [1.807, 2.05) is 6.08 Å². The summed E-state index contributed by atoms with van der Waals surface area (Å²) in [4.78, 5) is 0. The third-order valence-electron chi connectivity index (χ3n) is 2.29. The molecule has 0 bridgehead atoms. The minimum absolute atomic E-state index is 0.258. The van der Waals surface area contributed by atoms with Gasteiger partial charge in [0.15, 0.2) is 0 Å². The molecule has 1 nitrogen and oxygen atoms in total. The van der Waals surface area contributed by atoms with E-state index in [1.54, 1.807) is 0 Å². The molecule has 0 saturated heterocycles. The number of nitrogens with two attached hydrogens (primary N) is 1. The summed E-state index contributed by atoms with van der Waals surface area (Å²) in [6.45, 7) is 10.3.